The molecule has 23 heavy (non-hydrogen) atoms. The van der Waals surface area contributed by atoms with E-state index in [1.165, 1.54) is 18.2 Å². The molecule has 0 heterocycles. The van der Waals surface area contributed by atoms with Crippen molar-refractivity contribution < 1.29 is 13.2 Å². The molecule has 5 nitrogen and oxygen atoms in total. The highest BCUT2D eigenvalue weighted by atomic mass is 35.5. The quantitative estimate of drug-likeness (QED) is 0.900. The summed E-state index contributed by atoms with van der Waals surface area (Å²) in [4.78, 5) is 11.9. The molecule has 1 N–H and O–H groups in total. The molecule has 0 saturated carbocycles. The standard InChI is InChI=1S/C16H13ClN2O3S/c17-15-8-14(7-6-13(15)9-18)19-16(20)11-23(21,22)10-12-4-2-1-3-5-12/h1-8H,10-11H2,(H,19,20). The number of carbonyl (C=O) groups is 1. The van der Waals surface area contributed by atoms with Crippen LogP contribution in [-0.4, -0.2) is 20.1 Å². The van der Waals surface area contributed by atoms with Crippen molar-refractivity contribution in [3.63, 3.8) is 0 Å². The Bertz CT molecular complexity index is 859. The zero-order valence-electron chi connectivity index (χ0n) is 12.0. The van der Waals surface area contributed by atoms with Crippen LogP contribution in [0.25, 0.3) is 0 Å². The lowest BCUT2D eigenvalue weighted by Crippen LogP contribution is -2.23. The minimum absolute atomic E-state index is 0.192. The van der Waals surface area contributed by atoms with Crippen molar-refractivity contribution in [3.05, 3.63) is 64.7 Å². The summed E-state index contributed by atoms with van der Waals surface area (Å²) in [5, 5.41) is 11.4. The SMILES string of the molecule is N#Cc1ccc(NC(=O)CS(=O)(=O)Cc2ccccc2)cc1Cl. The second-order valence-electron chi connectivity index (χ2n) is 4.87. The molecule has 7 heteroatoms. The summed E-state index contributed by atoms with van der Waals surface area (Å²) in [6.45, 7) is 0. The van der Waals surface area contributed by atoms with Crippen LogP contribution in [-0.2, 0) is 20.4 Å². The van der Waals surface area contributed by atoms with E-state index in [9.17, 15) is 13.2 Å². The number of nitriles is 1. The van der Waals surface area contributed by atoms with E-state index in [4.69, 9.17) is 16.9 Å². The molecule has 0 aliphatic heterocycles. The van der Waals surface area contributed by atoms with Crippen molar-refractivity contribution in [2.45, 2.75) is 5.75 Å². The van der Waals surface area contributed by atoms with Crippen molar-refractivity contribution in [2.24, 2.45) is 0 Å². The molecule has 0 spiro atoms. The molecule has 0 radical (unpaired) electrons. The zero-order chi connectivity index (χ0) is 16.9. The molecular weight excluding hydrogens is 336 g/mol. The Hall–Kier alpha value is -2.36. The third kappa shape index (κ3) is 5.09. The predicted molar refractivity (Wildman–Crippen MR) is 88.7 cm³/mol. The second kappa shape index (κ2) is 7.27. The normalized spacial score (nSPS) is 10.8. The van der Waals surface area contributed by atoms with Gasteiger partial charge in [-0.05, 0) is 23.8 Å². The van der Waals surface area contributed by atoms with Gasteiger partial charge in [0.25, 0.3) is 0 Å². The molecule has 0 atom stereocenters. The fourth-order valence-corrected chi connectivity index (χ4v) is 3.46. The summed E-state index contributed by atoms with van der Waals surface area (Å²) in [6.07, 6.45) is 0. The molecule has 0 fully saturated rings. The molecule has 0 saturated heterocycles. The third-order valence-electron chi connectivity index (χ3n) is 2.95. The van der Waals surface area contributed by atoms with E-state index in [2.05, 4.69) is 5.32 Å². The summed E-state index contributed by atoms with van der Waals surface area (Å²) in [6, 6.07) is 14.9. The molecule has 2 rings (SSSR count). The van der Waals surface area contributed by atoms with Gasteiger partial charge in [0.05, 0.1) is 16.3 Å². The van der Waals surface area contributed by atoms with Gasteiger partial charge in [0.1, 0.15) is 11.8 Å². The highest BCUT2D eigenvalue weighted by Crippen LogP contribution is 2.20. The summed E-state index contributed by atoms with van der Waals surface area (Å²) in [5.74, 6) is -1.48. The van der Waals surface area contributed by atoms with Crippen LogP contribution in [0.1, 0.15) is 11.1 Å². The maximum atomic E-state index is 12.0. The number of hydrogen-bond donors (Lipinski definition) is 1. The number of hydrogen-bond acceptors (Lipinski definition) is 4. The number of sulfone groups is 1. The molecule has 2 aromatic rings. The number of amides is 1. The van der Waals surface area contributed by atoms with Crippen LogP contribution in [0.4, 0.5) is 5.69 Å². The molecule has 0 bridgehead atoms. The molecule has 0 aliphatic rings. The van der Waals surface area contributed by atoms with Gasteiger partial charge < -0.3 is 5.32 Å². The van der Waals surface area contributed by atoms with Gasteiger partial charge >= 0.3 is 0 Å². The Labute approximate surface area is 139 Å². The lowest BCUT2D eigenvalue weighted by molar-refractivity contribution is -0.113. The average molecular weight is 349 g/mol. The van der Waals surface area contributed by atoms with Crippen molar-refractivity contribution in [1.82, 2.24) is 0 Å². The van der Waals surface area contributed by atoms with E-state index in [1.807, 2.05) is 6.07 Å². The molecule has 0 aliphatic carbocycles. The number of benzene rings is 2. The Kier molecular flexibility index (Phi) is 5.37. The Morgan fingerprint density at radius 1 is 1.17 bits per heavy atom. The molecular formula is C16H13ClN2O3S. The largest absolute Gasteiger partial charge is 0.325 e. The fourth-order valence-electron chi connectivity index (χ4n) is 1.96. The maximum absolute atomic E-state index is 12.0. The van der Waals surface area contributed by atoms with Gasteiger partial charge in [0.15, 0.2) is 9.84 Å². The number of carbonyl (C=O) groups excluding carboxylic acids is 1. The minimum Gasteiger partial charge on any atom is -0.325 e. The van der Waals surface area contributed by atoms with E-state index in [0.29, 0.717) is 11.3 Å². The number of halogens is 1. The molecule has 0 aromatic heterocycles. The van der Waals surface area contributed by atoms with Crippen LogP contribution < -0.4 is 5.32 Å². The topological polar surface area (TPSA) is 87.0 Å². The minimum atomic E-state index is -3.57. The second-order valence-corrected chi connectivity index (χ2v) is 7.34. The summed E-state index contributed by atoms with van der Waals surface area (Å²) in [5.41, 5.74) is 1.25. The number of rotatable bonds is 5. The fraction of sp³-hybridized carbons (Fsp3) is 0.125. The van der Waals surface area contributed by atoms with Crippen molar-refractivity contribution in [1.29, 1.82) is 5.26 Å². The Balaban J connectivity index is 2.01. The van der Waals surface area contributed by atoms with Gasteiger partial charge in [-0.1, -0.05) is 41.9 Å². The maximum Gasteiger partial charge on any atom is 0.239 e. The van der Waals surface area contributed by atoms with Crippen LogP contribution in [0.2, 0.25) is 5.02 Å². The van der Waals surface area contributed by atoms with E-state index in [0.717, 1.165) is 0 Å². The van der Waals surface area contributed by atoms with Gasteiger partial charge in [-0.3, -0.25) is 4.79 Å². The third-order valence-corrected chi connectivity index (χ3v) is 4.74. The first-order valence-electron chi connectivity index (χ1n) is 6.63. The molecule has 2 aromatic carbocycles. The Morgan fingerprint density at radius 2 is 1.87 bits per heavy atom. The average Bonchev–Trinajstić information content (AvgIpc) is 2.47. The Morgan fingerprint density at radius 3 is 2.48 bits per heavy atom. The predicted octanol–water partition coefficient (Wildman–Crippen LogP) is 2.77. The van der Waals surface area contributed by atoms with Crippen molar-refractivity contribution in [2.75, 3.05) is 11.1 Å². The first-order chi connectivity index (χ1) is 10.9. The van der Waals surface area contributed by atoms with E-state index in [1.54, 1.807) is 30.3 Å². The molecule has 0 unspecified atom stereocenters. The van der Waals surface area contributed by atoms with Crippen LogP contribution in [0, 0.1) is 11.3 Å². The highest BCUT2D eigenvalue weighted by Gasteiger charge is 2.17. The lowest BCUT2D eigenvalue weighted by atomic mass is 10.2. The van der Waals surface area contributed by atoms with Gasteiger partial charge in [-0.2, -0.15) is 5.26 Å². The van der Waals surface area contributed by atoms with Crippen LogP contribution in [0.3, 0.4) is 0 Å². The van der Waals surface area contributed by atoms with Gasteiger partial charge in [0.2, 0.25) is 5.91 Å². The monoisotopic (exact) mass is 348 g/mol. The summed E-state index contributed by atoms with van der Waals surface area (Å²) >= 11 is 5.86. The van der Waals surface area contributed by atoms with Crippen LogP contribution in [0.5, 0.6) is 0 Å². The molecule has 1 amide bonds. The molecule has 118 valence electrons. The first-order valence-corrected chi connectivity index (χ1v) is 8.83. The summed E-state index contributed by atoms with van der Waals surface area (Å²) < 4.78 is 24.1. The number of anilines is 1. The van der Waals surface area contributed by atoms with Gasteiger partial charge in [-0.15, -0.1) is 0 Å². The van der Waals surface area contributed by atoms with Crippen LogP contribution in [0.15, 0.2) is 48.5 Å². The van der Waals surface area contributed by atoms with Gasteiger partial charge in [-0.25, -0.2) is 8.42 Å². The van der Waals surface area contributed by atoms with E-state index >= 15 is 0 Å². The van der Waals surface area contributed by atoms with Crippen molar-refractivity contribution in [3.8, 4) is 6.07 Å². The van der Waals surface area contributed by atoms with E-state index < -0.39 is 21.5 Å². The zero-order valence-corrected chi connectivity index (χ0v) is 13.6. The van der Waals surface area contributed by atoms with Crippen molar-refractivity contribution >= 4 is 33.0 Å². The van der Waals surface area contributed by atoms with Gasteiger partial charge in [0, 0.05) is 5.69 Å². The van der Waals surface area contributed by atoms with E-state index in [-0.39, 0.29) is 16.3 Å². The smallest absolute Gasteiger partial charge is 0.239 e. The first kappa shape index (κ1) is 17.0. The lowest BCUT2D eigenvalue weighted by Gasteiger charge is -2.07. The highest BCUT2D eigenvalue weighted by molar-refractivity contribution is 7.91. The number of nitrogens with one attached hydrogen (secondary N) is 1. The number of nitrogens with zero attached hydrogens (tertiary/aromatic N) is 1. The summed E-state index contributed by atoms with van der Waals surface area (Å²) in [7, 11) is -3.57. The van der Waals surface area contributed by atoms with Crippen LogP contribution >= 0.6 is 11.6 Å².